The van der Waals surface area contributed by atoms with Gasteiger partial charge in [0.1, 0.15) is 0 Å². The first-order valence-electron chi connectivity index (χ1n) is 6.65. The van der Waals surface area contributed by atoms with E-state index in [4.69, 9.17) is 0 Å². The fourth-order valence-corrected chi connectivity index (χ4v) is 2.45. The van der Waals surface area contributed by atoms with E-state index in [1.54, 1.807) is 0 Å². The molecule has 0 aromatic carbocycles. The fraction of sp³-hybridized carbons (Fsp3) is 0.769. The van der Waals surface area contributed by atoms with Crippen molar-refractivity contribution in [3.8, 4) is 0 Å². The van der Waals surface area contributed by atoms with Crippen molar-refractivity contribution in [3.63, 3.8) is 0 Å². The van der Waals surface area contributed by atoms with Gasteiger partial charge in [-0.15, -0.1) is 0 Å². The lowest BCUT2D eigenvalue weighted by molar-refractivity contribution is 0.328. The molecule has 0 radical (unpaired) electrons. The van der Waals surface area contributed by atoms with E-state index in [2.05, 4.69) is 34.3 Å². The smallest absolute Gasteiger partial charge is 0.0637 e. The van der Waals surface area contributed by atoms with Gasteiger partial charge in [-0.1, -0.05) is 26.2 Å². The van der Waals surface area contributed by atoms with Crippen LogP contribution in [-0.2, 0) is 6.42 Å². The summed E-state index contributed by atoms with van der Waals surface area (Å²) in [5.41, 5.74) is 1.23. The summed E-state index contributed by atoms with van der Waals surface area (Å²) in [5.74, 6) is 0. The lowest BCUT2D eigenvalue weighted by atomic mass is 9.96. The Bertz CT molecular complexity index is 300. The van der Waals surface area contributed by atoms with Crippen molar-refractivity contribution in [2.45, 2.75) is 51.5 Å². The van der Waals surface area contributed by atoms with E-state index >= 15 is 0 Å². The normalized spacial score (nSPS) is 17.8. The third-order valence-electron chi connectivity index (χ3n) is 3.42. The Kier molecular flexibility index (Phi) is 4.40. The molecule has 2 rings (SSSR count). The Morgan fingerprint density at radius 1 is 1.38 bits per heavy atom. The molecule has 0 bridgehead atoms. The number of nitrogens with zero attached hydrogens (tertiary/aromatic N) is 2. The zero-order chi connectivity index (χ0) is 11.2. The SMILES string of the molecule is CCNCCc1ccn(C2CCCCC2)n1. The van der Waals surface area contributed by atoms with Crippen molar-refractivity contribution < 1.29 is 0 Å². The van der Waals surface area contributed by atoms with Crippen molar-refractivity contribution >= 4 is 0 Å². The molecule has 0 unspecified atom stereocenters. The highest BCUT2D eigenvalue weighted by atomic mass is 15.3. The molecule has 3 heteroatoms. The summed E-state index contributed by atoms with van der Waals surface area (Å²) in [7, 11) is 0. The maximum atomic E-state index is 4.68. The summed E-state index contributed by atoms with van der Waals surface area (Å²) in [4.78, 5) is 0. The first-order valence-corrected chi connectivity index (χ1v) is 6.65. The second kappa shape index (κ2) is 6.04. The minimum absolute atomic E-state index is 0.668. The van der Waals surface area contributed by atoms with Gasteiger partial charge in [-0.05, 0) is 25.5 Å². The standard InChI is InChI=1S/C13H23N3/c1-2-14-10-8-12-9-11-16(15-12)13-6-4-3-5-7-13/h9,11,13-14H,2-8,10H2,1H3. The molecule has 0 amide bonds. The molecule has 90 valence electrons. The summed E-state index contributed by atoms with van der Waals surface area (Å²) in [6, 6.07) is 2.84. The van der Waals surface area contributed by atoms with Crippen LogP contribution >= 0.6 is 0 Å². The van der Waals surface area contributed by atoms with Gasteiger partial charge in [-0.25, -0.2) is 0 Å². The molecular formula is C13H23N3. The van der Waals surface area contributed by atoms with Crippen molar-refractivity contribution in [2.24, 2.45) is 0 Å². The van der Waals surface area contributed by atoms with Gasteiger partial charge in [0.25, 0.3) is 0 Å². The lowest BCUT2D eigenvalue weighted by Crippen LogP contribution is -2.17. The third kappa shape index (κ3) is 3.08. The first-order chi connectivity index (χ1) is 7.90. The molecule has 3 nitrogen and oxygen atoms in total. The first kappa shape index (κ1) is 11.6. The minimum Gasteiger partial charge on any atom is -0.317 e. The molecule has 0 spiro atoms. The van der Waals surface area contributed by atoms with E-state index in [9.17, 15) is 0 Å². The van der Waals surface area contributed by atoms with Crippen molar-refractivity contribution in [1.82, 2.24) is 15.1 Å². The minimum atomic E-state index is 0.668. The Morgan fingerprint density at radius 3 is 2.94 bits per heavy atom. The van der Waals surface area contributed by atoms with Gasteiger partial charge >= 0.3 is 0 Å². The van der Waals surface area contributed by atoms with E-state index in [1.165, 1.54) is 37.8 Å². The Hall–Kier alpha value is -0.830. The molecule has 1 heterocycles. The van der Waals surface area contributed by atoms with Crippen molar-refractivity contribution in [3.05, 3.63) is 18.0 Å². The molecule has 1 fully saturated rings. The molecule has 0 saturated heterocycles. The molecule has 0 aliphatic heterocycles. The second-order valence-corrected chi connectivity index (χ2v) is 4.68. The maximum Gasteiger partial charge on any atom is 0.0637 e. The second-order valence-electron chi connectivity index (χ2n) is 4.68. The number of aromatic nitrogens is 2. The molecule has 1 aliphatic carbocycles. The molecule has 1 aliphatic rings. The summed E-state index contributed by atoms with van der Waals surface area (Å²) in [6.07, 6.45) is 9.99. The highest BCUT2D eigenvalue weighted by Crippen LogP contribution is 2.27. The van der Waals surface area contributed by atoms with Crippen LogP contribution in [0.1, 0.15) is 50.8 Å². The molecule has 1 N–H and O–H groups in total. The summed E-state index contributed by atoms with van der Waals surface area (Å²) < 4.78 is 2.19. The van der Waals surface area contributed by atoms with Crippen LogP contribution in [0.2, 0.25) is 0 Å². The van der Waals surface area contributed by atoms with Crippen LogP contribution in [0.15, 0.2) is 12.3 Å². The van der Waals surface area contributed by atoms with Crippen LogP contribution < -0.4 is 5.32 Å². The summed E-state index contributed by atoms with van der Waals surface area (Å²) in [5, 5.41) is 8.02. The monoisotopic (exact) mass is 221 g/mol. The Morgan fingerprint density at radius 2 is 2.19 bits per heavy atom. The van der Waals surface area contributed by atoms with E-state index in [-0.39, 0.29) is 0 Å². The highest BCUT2D eigenvalue weighted by Gasteiger charge is 2.15. The van der Waals surface area contributed by atoms with E-state index in [0.717, 1.165) is 19.5 Å². The number of hydrogen-bond acceptors (Lipinski definition) is 2. The van der Waals surface area contributed by atoms with Crippen LogP contribution in [0, 0.1) is 0 Å². The van der Waals surface area contributed by atoms with Gasteiger partial charge in [-0.2, -0.15) is 5.10 Å². The van der Waals surface area contributed by atoms with E-state index in [0.29, 0.717) is 6.04 Å². The molecular weight excluding hydrogens is 198 g/mol. The molecule has 1 aromatic heterocycles. The molecule has 1 aromatic rings. The van der Waals surface area contributed by atoms with Gasteiger partial charge in [0, 0.05) is 19.2 Å². The van der Waals surface area contributed by atoms with E-state index < -0.39 is 0 Å². The average molecular weight is 221 g/mol. The zero-order valence-electron chi connectivity index (χ0n) is 10.3. The topological polar surface area (TPSA) is 29.9 Å². The van der Waals surface area contributed by atoms with Crippen molar-refractivity contribution in [2.75, 3.05) is 13.1 Å². The molecule has 16 heavy (non-hydrogen) atoms. The Labute approximate surface area is 98.2 Å². The fourth-order valence-electron chi connectivity index (χ4n) is 2.45. The van der Waals surface area contributed by atoms with Gasteiger partial charge in [0.15, 0.2) is 0 Å². The average Bonchev–Trinajstić information content (AvgIpc) is 2.79. The predicted octanol–water partition coefficient (Wildman–Crippen LogP) is 2.54. The van der Waals surface area contributed by atoms with Gasteiger partial charge < -0.3 is 5.32 Å². The van der Waals surface area contributed by atoms with Crippen LogP contribution in [0.4, 0.5) is 0 Å². The number of likely N-dealkylation sites (N-methyl/N-ethyl adjacent to an activating group) is 1. The summed E-state index contributed by atoms with van der Waals surface area (Å²) in [6.45, 7) is 4.22. The Balaban J connectivity index is 1.85. The predicted molar refractivity (Wildman–Crippen MR) is 66.6 cm³/mol. The lowest BCUT2D eigenvalue weighted by Gasteiger charge is -2.21. The van der Waals surface area contributed by atoms with Crippen LogP contribution in [-0.4, -0.2) is 22.9 Å². The number of hydrogen-bond donors (Lipinski definition) is 1. The van der Waals surface area contributed by atoms with Crippen LogP contribution in [0.3, 0.4) is 0 Å². The van der Waals surface area contributed by atoms with Gasteiger partial charge in [0.05, 0.1) is 11.7 Å². The van der Waals surface area contributed by atoms with E-state index in [1.807, 2.05) is 0 Å². The summed E-state index contributed by atoms with van der Waals surface area (Å²) >= 11 is 0. The number of nitrogens with one attached hydrogen (secondary N) is 1. The quantitative estimate of drug-likeness (QED) is 0.774. The van der Waals surface area contributed by atoms with Crippen LogP contribution in [0.25, 0.3) is 0 Å². The third-order valence-corrected chi connectivity index (χ3v) is 3.42. The molecule has 0 atom stereocenters. The number of rotatable bonds is 5. The molecule has 1 saturated carbocycles. The van der Waals surface area contributed by atoms with Crippen LogP contribution in [0.5, 0.6) is 0 Å². The largest absolute Gasteiger partial charge is 0.317 e. The maximum absolute atomic E-state index is 4.68. The highest BCUT2D eigenvalue weighted by molar-refractivity contribution is 5.00. The zero-order valence-corrected chi connectivity index (χ0v) is 10.3. The van der Waals surface area contributed by atoms with Gasteiger partial charge in [-0.3, -0.25) is 4.68 Å². The van der Waals surface area contributed by atoms with Gasteiger partial charge in [0.2, 0.25) is 0 Å². The van der Waals surface area contributed by atoms with Crippen molar-refractivity contribution in [1.29, 1.82) is 0 Å².